The molecule has 1 N–H and O–H groups in total. The Bertz CT molecular complexity index is 1100. The molecular weight excluding hydrogens is 414 g/mol. The normalized spacial score (nSPS) is 19.5. The van der Waals surface area contributed by atoms with Gasteiger partial charge in [0.15, 0.2) is 5.82 Å². The Balaban J connectivity index is 1.43. The van der Waals surface area contributed by atoms with E-state index in [1.54, 1.807) is 6.20 Å². The molecule has 1 aliphatic carbocycles. The van der Waals surface area contributed by atoms with Gasteiger partial charge < -0.3 is 10.1 Å². The van der Waals surface area contributed by atoms with Crippen LogP contribution < -0.4 is 10.1 Å². The molecule has 2 heterocycles. The van der Waals surface area contributed by atoms with Gasteiger partial charge >= 0.3 is 6.01 Å². The van der Waals surface area contributed by atoms with Crippen molar-refractivity contribution in [3.8, 4) is 6.01 Å². The van der Waals surface area contributed by atoms with Crippen molar-refractivity contribution in [3.63, 3.8) is 0 Å². The lowest BCUT2D eigenvalue weighted by molar-refractivity contribution is 0.0908. The highest BCUT2D eigenvalue weighted by atomic mass is 19.1. The van der Waals surface area contributed by atoms with Crippen LogP contribution in [0.15, 0.2) is 36.8 Å². The van der Waals surface area contributed by atoms with E-state index in [9.17, 15) is 13.6 Å². The number of benzene rings is 1. The van der Waals surface area contributed by atoms with E-state index < -0.39 is 11.6 Å². The predicted molar refractivity (Wildman–Crippen MR) is 116 cm³/mol. The van der Waals surface area contributed by atoms with Crippen molar-refractivity contribution < 1.29 is 18.3 Å². The quantitative estimate of drug-likeness (QED) is 0.596. The summed E-state index contributed by atoms with van der Waals surface area (Å²) in [7, 11) is 1.47. The number of ether oxygens (including phenoxy) is 1. The van der Waals surface area contributed by atoms with Gasteiger partial charge in [-0.15, -0.1) is 0 Å². The molecule has 168 valence electrons. The van der Waals surface area contributed by atoms with Gasteiger partial charge in [-0.2, -0.15) is 0 Å². The van der Waals surface area contributed by atoms with Crippen LogP contribution in [-0.4, -0.2) is 34.0 Å². The molecule has 0 aliphatic heterocycles. The van der Waals surface area contributed by atoms with Gasteiger partial charge in [0.25, 0.3) is 5.91 Å². The molecule has 0 spiro atoms. The van der Waals surface area contributed by atoms with Gasteiger partial charge in [-0.25, -0.2) is 18.7 Å². The molecule has 0 bridgehead atoms. The summed E-state index contributed by atoms with van der Waals surface area (Å²) in [5.41, 5.74) is 1.55. The van der Waals surface area contributed by atoms with E-state index in [-0.39, 0.29) is 29.4 Å². The minimum Gasteiger partial charge on any atom is -0.467 e. The van der Waals surface area contributed by atoms with E-state index in [0.29, 0.717) is 16.9 Å². The topological polar surface area (TPSA) is 77.0 Å². The Kier molecular flexibility index (Phi) is 6.58. The number of carbonyl (C=O) groups is 1. The number of rotatable bonds is 6. The van der Waals surface area contributed by atoms with Crippen molar-refractivity contribution in [3.05, 3.63) is 59.6 Å². The van der Waals surface area contributed by atoms with Crippen molar-refractivity contribution >= 4 is 16.8 Å². The van der Waals surface area contributed by atoms with Crippen LogP contribution in [0.3, 0.4) is 0 Å². The van der Waals surface area contributed by atoms with Crippen LogP contribution in [0.25, 0.3) is 10.9 Å². The van der Waals surface area contributed by atoms with Gasteiger partial charge in [-0.05, 0) is 61.6 Å². The Hall–Kier alpha value is -3.16. The molecule has 1 fully saturated rings. The smallest absolute Gasteiger partial charge is 0.316 e. The van der Waals surface area contributed by atoms with E-state index in [1.807, 2.05) is 6.07 Å². The molecule has 1 aromatic carbocycles. The number of carbonyl (C=O) groups excluding carboxylic acids is 1. The Morgan fingerprint density at radius 3 is 2.53 bits per heavy atom. The summed E-state index contributed by atoms with van der Waals surface area (Å²) < 4.78 is 32.9. The first-order valence-electron chi connectivity index (χ1n) is 10.9. The molecule has 6 nitrogen and oxygen atoms in total. The molecule has 0 saturated heterocycles. The van der Waals surface area contributed by atoms with Crippen molar-refractivity contribution in [1.29, 1.82) is 0 Å². The van der Waals surface area contributed by atoms with Crippen LogP contribution in [0.2, 0.25) is 0 Å². The molecule has 4 rings (SSSR count). The summed E-state index contributed by atoms with van der Waals surface area (Å²) in [4.78, 5) is 24.7. The molecule has 2 aromatic heterocycles. The number of fused-ring (bicyclic) bond motifs is 1. The van der Waals surface area contributed by atoms with Crippen LogP contribution in [0.4, 0.5) is 8.78 Å². The summed E-state index contributed by atoms with van der Waals surface area (Å²) >= 11 is 0. The molecule has 0 radical (unpaired) electrons. The monoisotopic (exact) mass is 440 g/mol. The third-order valence-electron chi connectivity index (χ3n) is 6.41. The third-order valence-corrected chi connectivity index (χ3v) is 6.41. The maximum Gasteiger partial charge on any atom is 0.316 e. The molecule has 8 heteroatoms. The maximum atomic E-state index is 14.2. The van der Waals surface area contributed by atoms with E-state index >= 15 is 0 Å². The molecule has 1 saturated carbocycles. The van der Waals surface area contributed by atoms with E-state index in [4.69, 9.17) is 4.74 Å². The average Bonchev–Trinajstić information content (AvgIpc) is 2.82. The van der Waals surface area contributed by atoms with E-state index in [1.165, 1.54) is 25.6 Å². The Morgan fingerprint density at radius 1 is 1.16 bits per heavy atom. The van der Waals surface area contributed by atoms with E-state index in [0.717, 1.165) is 43.7 Å². The van der Waals surface area contributed by atoms with Crippen molar-refractivity contribution in [2.75, 3.05) is 7.11 Å². The van der Waals surface area contributed by atoms with Crippen molar-refractivity contribution in [2.24, 2.45) is 5.92 Å². The Labute approximate surface area is 185 Å². The van der Waals surface area contributed by atoms with Crippen LogP contribution in [0.5, 0.6) is 6.01 Å². The molecule has 1 atom stereocenters. The lowest BCUT2D eigenvalue weighted by Crippen LogP contribution is -2.41. The molecule has 3 aromatic rings. The van der Waals surface area contributed by atoms with E-state index in [2.05, 4.69) is 27.2 Å². The number of nitrogens with one attached hydrogen (secondary N) is 1. The average molecular weight is 440 g/mol. The third kappa shape index (κ3) is 4.54. The Morgan fingerprint density at radius 2 is 1.88 bits per heavy atom. The van der Waals surface area contributed by atoms with Gasteiger partial charge in [-0.1, -0.05) is 6.92 Å². The van der Waals surface area contributed by atoms with Gasteiger partial charge in [0.05, 0.1) is 12.7 Å². The van der Waals surface area contributed by atoms with Crippen LogP contribution in [-0.2, 0) is 0 Å². The zero-order valence-corrected chi connectivity index (χ0v) is 18.1. The number of hydrogen-bond donors (Lipinski definition) is 1. The first-order chi connectivity index (χ1) is 15.5. The largest absolute Gasteiger partial charge is 0.467 e. The number of halogens is 2. The zero-order valence-electron chi connectivity index (χ0n) is 18.1. The summed E-state index contributed by atoms with van der Waals surface area (Å²) in [6, 6.07) is 4.37. The minimum absolute atomic E-state index is 0.0367. The molecular formula is C24H26F2N4O2. The number of methoxy groups -OCH3 is 1. The fourth-order valence-corrected chi connectivity index (χ4v) is 4.73. The number of nitrogens with zero attached hydrogens (tertiary/aromatic N) is 3. The van der Waals surface area contributed by atoms with Crippen LogP contribution >= 0.6 is 0 Å². The summed E-state index contributed by atoms with van der Waals surface area (Å²) in [6.45, 7) is 2.06. The second kappa shape index (κ2) is 9.54. The lowest BCUT2D eigenvalue weighted by Gasteiger charge is -2.34. The molecule has 0 unspecified atom stereocenters. The van der Waals surface area contributed by atoms with Gasteiger partial charge in [0.1, 0.15) is 11.3 Å². The van der Waals surface area contributed by atoms with Crippen LogP contribution in [0, 0.1) is 17.6 Å². The minimum atomic E-state index is -0.633. The lowest BCUT2D eigenvalue weighted by atomic mass is 9.75. The first-order valence-corrected chi connectivity index (χ1v) is 10.9. The predicted octanol–water partition coefficient (Wildman–Crippen LogP) is 4.79. The highest BCUT2D eigenvalue weighted by Crippen LogP contribution is 2.40. The molecule has 32 heavy (non-hydrogen) atoms. The van der Waals surface area contributed by atoms with Crippen LogP contribution in [0.1, 0.15) is 60.9 Å². The van der Waals surface area contributed by atoms with Crippen molar-refractivity contribution in [1.82, 2.24) is 20.3 Å². The van der Waals surface area contributed by atoms with Crippen molar-refractivity contribution in [2.45, 2.75) is 51.0 Å². The summed E-state index contributed by atoms with van der Waals surface area (Å²) in [5, 5.41) is 3.67. The first kappa shape index (κ1) is 22.0. The highest BCUT2D eigenvalue weighted by Gasteiger charge is 2.29. The fourth-order valence-electron chi connectivity index (χ4n) is 4.73. The number of aromatic nitrogens is 3. The zero-order chi connectivity index (χ0) is 22.7. The molecule has 1 aliphatic rings. The van der Waals surface area contributed by atoms with Gasteiger partial charge in [-0.3, -0.25) is 9.78 Å². The van der Waals surface area contributed by atoms with Gasteiger partial charge in [0.2, 0.25) is 0 Å². The summed E-state index contributed by atoms with van der Waals surface area (Å²) in [6.07, 6.45) is 8.94. The standard InChI is InChI=1S/C24H26F2N4O2/c1-3-21(30-23(31)16-12-28-24(32-2)29-13-16)15-6-4-14(5-7-15)18-8-9-27-22-19(18)10-17(25)11-20(22)26/h8-15,21H,3-7H2,1-2H3,(H,30,31)/t14?,15?,21-/m1/s1. The second-order valence-corrected chi connectivity index (χ2v) is 8.24. The highest BCUT2D eigenvalue weighted by molar-refractivity contribution is 5.93. The summed E-state index contributed by atoms with van der Waals surface area (Å²) in [5.74, 6) is -0.879. The number of pyridine rings is 1. The maximum absolute atomic E-state index is 14.2. The fraction of sp³-hybridized carbons (Fsp3) is 0.417. The number of amides is 1. The SMILES string of the molecule is CC[C@@H](NC(=O)c1cnc(OC)nc1)C1CCC(c2ccnc3c(F)cc(F)cc23)CC1. The second-order valence-electron chi connectivity index (χ2n) is 8.24. The number of hydrogen-bond acceptors (Lipinski definition) is 5. The van der Waals surface area contributed by atoms with Gasteiger partial charge in [0, 0.05) is 36.1 Å². The molecule has 1 amide bonds.